The highest BCUT2D eigenvalue weighted by Gasteiger charge is 2.14. The average Bonchev–Trinajstić information content (AvgIpc) is 2.26. The summed E-state index contributed by atoms with van der Waals surface area (Å²) in [7, 11) is 2.01. The van der Waals surface area contributed by atoms with Gasteiger partial charge in [-0.1, -0.05) is 12.1 Å². The van der Waals surface area contributed by atoms with Gasteiger partial charge in [-0.05, 0) is 26.0 Å². The zero-order valence-corrected chi connectivity index (χ0v) is 9.28. The first-order valence-electron chi connectivity index (χ1n) is 4.96. The van der Waals surface area contributed by atoms with Crippen LogP contribution in [-0.4, -0.2) is 13.8 Å². The van der Waals surface area contributed by atoms with Gasteiger partial charge in [-0.15, -0.1) is 0 Å². The molecule has 3 nitrogen and oxygen atoms in total. The molecule has 0 fully saturated rings. The smallest absolute Gasteiger partial charge is 0.230 e. The van der Waals surface area contributed by atoms with Gasteiger partial charge in [-0.2, -0.15) is 0 Å². The summed E-state index contributed by atoms with van der Waals surface area (Å²) in [6.07, 6.45) is 0. The summed E-state index contributed by atoms with van der Waals surface area (Å²) in [6.45, 7) is 4.26. The molecule has 0 N–H and O–H groups in total. The quantitative estimate of drug-likeness (QED) is 0.650. The minimum absolute atomic E-state index is 0.272. The van der Waals surface area contributed by atoms with E-state index in [0.717, 1.165) is 22.9 Å². The van der Waals surface area contributed by atoms with Crippen LogP contribution in [-0.2, 0) is 4.74 Å². The van der Waals surface area contributed by atoms with E-state index in [-0.39, 0.29) is 6.79 Å². The van der Waals surface area contributed by atoms with Crippen molar-refractivity contribution >= 4 is 5.69 Å². The standard InChI is InChI=1S/C12H15NO2/c1-9-10(2)14-8-15-12-7-5-4-6-11(12)13(9)3/h4-7H,8H2,1-3H3/b10-9-. The van der Waals surface area contributed by atoms with E-state index in [1.165, 1.54) is 0 Å². The molecule has 0 bridgehead atoms. The largest absolute Gasteiger partial charge is 0.460 e. The highest BCUT2D eigenvalue weighted by atomic mass is 16.7. The second kappa shape index (κ2) is 3.85. The average molecular weight is 205 g/mol. The maximum Gasteiger partial charge on any atom is 0.230 e. The van der Waals surface area contributed by atoms with Gasteiger partial charge >= 0.3 is 0 Å². The molecule has 2 rings (SSSR count). The van der Waals surface area contributed by atoms with E-state index in [9.17, 15) is 0 Å². The van der Waals surface area contributed by atoms with E-state index in [2.05, 4.69) is 4.90 Å². The van der Waals surface area contributed by atoms with Gasteiger partial charge in [0.15, 0.2) is 0 Å². The van der Waals surface area contributed by atoms with Crippen molar-refractivity contribution in [1.29, 1.82) is 0 Å². The maximum atomic E-state index is 5.52. The molecule has 0 spiro atoms. The molecule has 0 amide bonds. The number of hydrogen-bond donors (Lipinski definition) is 0. The van der Waals surface area contributed by atoms with Gasteiger partial charge in [0.05, 0.1) is 11.4 Å². The van der Waals surface area contributed by atoms with Crippen molar-refractivity contribution in [3.63, 3.8) is 0 Å². The third-order valence-corrected chi connectivity index (χ3v) is 2.73. The molecule has 0 saturated heterocycles. The first kappa shape index (κ1) is 9.90. The second-order valence-electron chi connectivity index (χ2n) is 3.57. The van der Waals surface area contributed by atoms with E-state index in [4.69, 9.17) is 9.47 Å². The molecule has 0 atom stereocenters. The van der Waals surface area contributed by atoms with Crippen molar-refractivity contribution in [2.45, 2.75) is 13.8 Å². The molecule has 1 aliphatic rings. The third kappa shape index (κ3) is 1.77. The molecule has 1 aliphatic heterocycles. The molecular formula is C12H15NO2. The van der Waals surface area contributed by atoms with Crippen LogP contribution in [0.25, 0.3) is 0 Å². The highest BCUT2D eigenvalue weighted by Crippen LogP contribution is 2.31. The Bertz CT molecular complexity index is 398. The number of hydrogen-bond acceptors (Lipinski definition) is 3. The fraction of sp³-hybridized carbons (Fsp3) is 0.333. The van der Waals surface area contributed by atoms with Gasteiger partial charge in [0.2, 0.25) is 6.79 Å². The summed E-state index contributed by atoms with van der Waals surface area (Å²) in [6, 6.07) is 7.95. The molecule has 0 unspecified atom stereocenters. The molecule has 80 valence electrons. The summed E-state index contributed by atoms with van der Waals surface area (Å²) < 4.78 is 11.0. The summed E-state index contributed by atoms with van der Waals surface area (Å²) in [5.41, 5.74) is 2.17. The van der Waals surface area contributed by atoms with Gasteiger partial charge < -0.3 is 14.4 Å². The molecule has 3 heteroatoms. The predicted octanol–water partition coefficient (Wildman–Crippen LogP) is 2.74. The molecule has 0 aliphatic carbocycles. The molecule has 1 aromatic rings. The molecule has 0 radical (unpaired) electrons. The van der Waals surface area contributed by atoms with Crippen LogP contribution in [0.1, 0.15) is 13.8 Å². The summed E-state index contributed by atoms with van der Waals surface area (Å²) in [5, 5.41) is 0. The Morgan fingerprint density at radius 3 is 2.67 bits per heavy atom. The lowest BCUT2D eigenvalue weighted by atomic mass is 10.2. The van der Waals surface area contributed by atoms with Crippen LogP contribution < -0.4 is 9.64 Å². The lowest BCUT2D eigenvalue weighted by Crippen LogP contribution is -2.20. The fourth-order valence-corrected chi connectivity index (χ4v) is 1.56. The van der Waals surface area contributed by atoms with Crippen molar-refractivity contribution < 1.29 is 9.47 Å². The minimum Gasteiger partial charge on any atom is -0.460 e. The van der Waals surface area contributed by atoms with Gasteiger partial charge in [0.1, 0.15) is 11.5 Å². The Kier molecular flexibility index (Phi) is 2.54. The van der Waals surface area contributed by atoms with Gasteiger partial charge in [0.25, 0.3) is 0 Å². The number of para-hydroxylation sites is 2. The highest BCUT2D eigenvalue weighted by molar-refractivity contribution is 5.61. The Morgan fingerprint density at radius 2 is 1.87 bits per heavy atom. The van der Waals surface area contributed by atoms with Crippen molar-refractivity contribution in [3.05, 3.63) is 35.7 Å². The maximum absolute atomic E-state index is 5.52. The number of benzene rings is 1. The Balaban J connectivity index is 2.48. The van der Waals surface area contributed by atoms with Crippen LogP contribution in [0.4, 0.5) is 5.69 Å². The number of rotatable bonds is 0. The van der Waals surface area contributed by atoms with Crippen LogP contribution in [0.15, 0.2) is 35.7 Å². The molecule has 1 heterocycles. The lowest BCUT2D eigenvalue weighted by Gasteiger charge is -2.27. The first-order chi connectivity index (χ1) is 7.20. The van der Waals surface area contributed by atoms with Crippen LogP contribution in [0.2, 0.25) is 0 Å². The molecule has 15 heavy (non-hydrogen) atoms. The summed E-state index contributed by atoms with van der Waals surface area (Å²) >= 11 is 0. The van der Waals surface area contributed by atoms with Gasteiger partial charge in [-0.25, -0.2) is 0 Å². The van der Waals surface area contributed by atoms with Crippen molar-refractivity contribution in [3.8, 4) is 5.75 Å². The molecular weight excluding hydrogens is 190 g/mol. The number of nitrogens with zero attached hydrogens (tertiary/aromatic N) is 1. The van der Waals surface area contributed by atoms with E-state index in [0.29, 0.717) is 0 Å². The van der Waals surface area contributed by atoms with Crippen molar-refractivity contribution in [1.82, 2.24) is 0 Å². The summed E-state index contributed by atoms with van der Waals surface area (Å²) in [5.74, 6) is 1.75. The van der Waals surface area contributed by atoms with E-state index >= 15 is 0 Å². The molecule has 0 saturated carbocycles. The van der Waals surface area contributed by atoms with Crippen LogP contribution in [0.5, 0.6) is 5.75 Å². The normalized spacial score (nSPS) is 20.9. The SMILES string of the molecule is C/C1=C(\C)N(C)c2ccccc2OCO1. The first-order valence-corrected chi connectivity index (χ1v) is 4.96. The second-order valence-corrected chi connectivity index (χ2v) is 3.57. The predicted molar refractivity (Wildman–Crippen MR) is 59.8 cm³/mol. The number of fused-ring (bicyclic) bond motifs is 1. The van der Waals surface area contributed by atoms with E-state index in [1.807, 2.05) is 45.2 Å². The molecule has 0 aromatic heterocycles. The van der Waals surface area contributed by atoms with Crippen molar-refractivity contribution in [2.75, 3.05) is 18.7 Å². The molecule has 1 aromatic carbocycles. The Hall–Kier alpha value is -1.64. The Morgan fingerprint density at radius 1 is 1.13 bits per heavy atom. The van der Waals surface area contributed by atoms with E-state index in [1.54, 1.807) is 0 Å². The Labute approximate surface area is 89.9 Å². The number of ether oxygens (including phenoxy) is 2. The zero-order chi connectivity index (χ0) is 10.8. The van der Waals surface area contributed by atoms with Crippen molar-refractivity contribution in [2.24, 2.45) is 0 Å². The zero-order valence-electron chi connectivity index (χ0n) is 9.28. The topological polar surface area (TPSA) is 21.7 Å². The van der Waals surface area contributed by atoms with Crippen LogP contribution in [0.3, 0.4) is 0 Å². The van der Waals surface area contributed by atoms with Crippen LogP contribution in [0, 0.1) is 0 Å². The summed E-state index contributed by atoms with van der Waals surface area (Å²) in [4.78, 5) is 2.07. The number of anilines is 1. The van der Waals surface area contributed by atoms with Gasteiger partial charge in [-0.3, -0.25) is 0 Å². The van der Waals surface area contributed by atoms with Crippen LogP contribution >= 0.6 is 0 Å². The fourth-order valence-electron chi connectivity index (χ4n) is 1.56. The number of allylic oxidation sites excluding steroid dienone is 2. The van der Waals surface area contributed by atoms with E-state index < -0.39 is 0 Å². The monoisotopic (exact) mass is 205 g/mol. The third-order valence-electron chi connectivity index (χ3n) is 2.73. The minimum atomic E-state index is 0.272. The lowest BCUT2D eigenvalue weighted by molar-refractivity contribution is 0.0585. The van der Waals surface area contributed by atoms with Gasteiger partial charge in [0, 0.05) is 7.05 Å².